The lowest BCUT2D eigenvalue weighted by molar-refractivity contribution is -0.134. The van der Waals surface area contributed by atoms with Crippen LogP contribution in [0.4, 0.5) is 0 Å². The van der Waals surface area contributed by atoms with Crippen molar-refractivity contribution in [3.05, 3.63) is 90.5 Å². The number of nitrogens with zero attached hydrogens (tertiary/aromatic N) is 1. The summed E-state index contributed by atoms with van der Waals surface area (Å²) < 4.78 is 11.5. The molecule has 0 atom stereocenters. The molecule has 0 aliphatic carbocycles. The fraction of sp³-hybridized carbons (Fsp3) is 0.269. The summed E-state index contributed by atoms with van der Waals surface area (Å²) in [6.07, 6.45) is 3.19. The molecule has 4 nitrogen and oxygen atoms in total. The van der Waals surface area contributed by atoms with Crippen molar-refractivity contribution in [3.8, 4) is 17.2 Å². The summed E-state index contributed by atoms with van der Waals surface area (Å²) in [7, 11) is 0. The largest absolute Gasteiger partial charge is 0.484 e. The van der Waals surface area contributed by atoms with Gasteiger partial charge in [0.15, 0.2) is 6.61 Å². The first-order valence-corrected chi connectivity index (χ1v) is 10.5. The number of hydrogen-bond acceptors (Lipinski definition) is 3. The number of benzene rings is 3. The van der Waals surface area contributed by atoms with E-state index >= 15 is 0 Å². The van der Waals surface area contributed by atoms with Gasteiger partial charge in [0.25, 0.3) is 5.91 Å². The first kappa shape index (κ1) is 20.0. The zero-order valence-electron chi connectivity index (χ0n) is 17.1. The molecular weight excluding hydrogens is 374 g/mol. The van der Waals surface area contributed by atoms with Crippen molar-refractivity contribution in [1.29, 1.82) is 0 Å². The van der Waals surface area contributed by atoms with E-state index in [0.717, 1.165) is 43.9 Å². The lowest BCUT2D eigenvalue weighted by Crippen LogP contribution is -2.41. The Morgan fingerprint density at radius 3 is 2.00 bits per heavy atom. The second-order valence-electron chi connectivity index (χ2n) is 7.69. The Hall–Kier alpha value is -3.27. The molecule has 0 radical (unpaired) electrons. The Bertz CT molecular complexity index is 918. The van der Waals surface area contributed by atoms with E-state index in [1.54, 1.807) is 0 Å². The predicted octanol–water partition coefficient (Wildman–Crippen LogP) is 5.34. The molecule has 3 aromatic rings. The molecule has 1 aliphatic heterocycles. The minimum Gasteiger partial charge on any atom is -0.484 e. The van der Waals surface area contributed by atoms with E-state index < -0.39 is 0 Å². The first-order chi connectivity index (χ1) is 14.8. The highest BCUT2D eigenvalue weighted by Gasteiger charge is 2.23. The molecule has 3 aromatic carbocycles. The number of ether oxygens (including phenoxy) is 2. The summed E-state index contributed by atoms with van der Waals surface area (Å²) in [6.45, 7) is 1.69. The van der Waals surface area contributed by atoms with Crippen molar-refractivity contribution < 1.29 is 14.3 Å². The van der Waals surface area contributed by atoms with Crippen LogP contribution in [-0.2, 0) is 11.2 Å². The molecule has 30 heavy (non-hydrogen) atoms. The van der Waals surface area contributed by atoms with Crippen LogP contribution in [0.5, 0.6) is 17.2 Å². The maximum absolute atomic E-state index is 12.5. The van der Waals surface area contributed by atoms with Crippen LogP contribution in [-0.4, -0.2) is 30.5 Å². The summed E-state index contributed by atoms with van der Waals surface area (Å²) >= 11 is 0. The van der Waals surface area contributed by atoms with Gasteiger partial charge in [-0.25, -0.2) is 0 Å². The van der Waals surface area contributed by atoms with Crippen molar-refractivity contribution in [2.24, 2.45) is 5.92 Å². The molecule has 1 heterocycles. The van der Waals surface area contributed by atoms with Crippen LogP contribution in [0.25, 0.3) is 0 Å². The third kappa shape index (κ3) is 5.63. The van der Waals surface area contributed by atoms with Gasteiger partial charge in [0.1, 0.15) is 17.2 Å². The van der Waals surface area contributed by atoms with Gasteiger partial charge in [-0.15, -0.1) is 0 Å². The Labute approximate surface area is 178 Å². The third-order valence-electron chi connectivity index (χ3n) is 5.50. The number of rotatable bonds is 7. The fourth-order valence-corrected chi connectivity index (χ4v) is 3.80. The van der Waals surface area contributed by atoms with Crippen LogP contribution in [0.3, 0.4) is 0 Å². The van der Waals surface area contributed by atoms with Gasteiger partial charge in [-0.05, 0) is 67.1 Å². The fourth-order valence-electron chi connectivity index (χ4n) is 3.80. The van der Waals surface area contributed by atoms with E-state index in [1.807, 2.05) is 59.5 Å². The van der Waals surface area contributed by atoms with Crippen LogP contribution in [0, 0.1) is 5.92 Å². The van der Waals surface area contributed by atoms with Crippen molar-refractivity contribution >= 4 is 5.91 Å². The quantitative estimate of drug-likeness (QED) is 0.536. The van der Waals surface area contributed by atoms with Crippen molar-refractivity contribution in [1.82, 2.24) is 4.90 Å². The SMILES string of the molecule is O=C(COc1ccc(Oc2ccccc2)cc1)N1CCC(Cc2ccccc2)CC1. The number of para-hydroxylation sites is 1. The standard InChI is InChI=1S/C26H27NO3/c28-26(27-17-15-22(16-18-27)19-21-7-3-1-4-8-21)20-29-23-11-13-25(14-12-23)30-24-9-5-2-6-10-24/h1-14,22H,15-20H2. The molecule has 0 unspecified atom stereocenters. The van der Waals surface area contributed by atoms with Crippen molar-refractivity contribution in [2.45, 2.75) is 19.3 Å². The lowest BCUT2D eigenvalue weighted by Gasteiger charge is -2.32. The minimum atomic E-state index is 0.0535. The topological polar surface area (TPSA) is 38.8 Å². The van der Waals surface area contributed by atoms with Crippen molar-refractivity contribution in [2.75, 3.05) is 19.7 Å². The maximum atomic E-state index is 12.5. The predicted molar refractivity (Wildman–Crippen MR) is 118 cm³/mol. The van der Waals surface area contributed by atoms with E-state index in [-0.39, 0.29) is 12.5 Å². The summed E-state index contributed by atoms with van der Waals surface area (Å²) in [5, 5.41) is 0. The molecule has 4 rings (SSSR count). The Kier molecular flexibility index (Phi) is 6.65. The number of piperidine rings is 1. The molecule has 0 N–H and O–H groups in total. The van der Waals surface area contributed by atoms with Gasteiger partial charge in [0.2, 0.25) is 0 Å². The third-order valence-corrected chi connectivity index (χ3v) is 5.50. The van der Waals surface area contributed by atoms with E-state index in [4.69, 9.17) is 9.47 Å². The molecule has 1 amide bonds. The zero-order valence-corrected chi connectivity index (χ0v) is 17.1. The Balaban J connectivity index is 1.20. The summed E-state index contributed by atoms with van der Waals surface area (Å²) in [6, 6.07) is 27.6. The first-order valence-electron chi connectivity index (χ1n) is 10.5. The summed E-state index contributed by atoms with van der Waals surface area (Å²) in [5.74, 6) is 2.90. The average Bonchev–Trinajstić information content (AvgIpc) is 2.80. The maximum Gasteiger partial charge on any atom is 0.260 e. The number of amides is 1. The highest BCUT2D eigenvalue weighted by atomic mass is 16.5. The summed E-state index contributed by atoms with van der Waals surface area (Å²) in [5.41, 5.74) is 1.38. The number of likely N-dealkylation sites (tertiary alicyclic amines) is 1. The monoisotopic (exact) mass is 401 g/mol. The normalized spacial score (nSPS) is 14.3. The average molecular weight is 402 g/mol. The summed E-state index contributed by atoms with van der Waals surface area (Å²) in [4.78, 5) is 14.4. The minimum absolute atomic E-state index is 0.0535. The number of hydrogen-bond donors (Lipinski definition) is 0. The van der Waals surface area contributed by atoms with E-state index in [9.17, 15) is 4.79 Å². The van der Waals surface area contributed by atoms with Crippen LogP contribution >= 0.6 is 0 Å². The lowest BCUT2D eigenvalue weighted by atomic mass is 9.90. The second kappa shape index (κ2) is 9.97. The van der Waals surface area contributed by atoms with E-state index in [1.165, 1.54) is 5.56 Å². The van der Waals surface area contributed by atoms with Crippen LogP contribution in [0.1, 0.15) is 18.4 Å². The molecule has 0 bridgehead atoms. The van der Waals surface area contributed by atoms with Gasteiger partial charge in [-0.3, -0.25) is 4.79 Å². The zero-order chi connectivity index (χ0) is 20.6. The van der Waals surface area contributed by atoms with Crippen molar-refractivity contribution in [3.63, 3.8) is 0 Å². The van der Waals surface area contributed by atoms with Gasteiger partial charge in [0.05, 0.1) is 0 Å². The number of carbonyl (C=O) groups is 1. The van der Waals surface area contributed by atoms with Gasteiger partial charge < -0.3 is 14.4 Å². The van der Waals surface area contributed by atoms with Crippen LogP contribution in [0.2, 0.25) is 0 Å². The molecule has 0 saturated carbocycles. The Morgan fingerprint density at radius 1 is 0.767 bits per heavy atom. The van der Waals surface area contributed by atoms with Crippen LogP contribution in [0.15, 0.2) is 84.9 Å². The van der Waals surface area contributed by atoms with Gasteiger partial charge >= 0.3 is 0 Å². The smallest absolute Gasteiger partial charge is 0.260 e. The highest BCUT2D eigenvalue weighted by Crippen LogP contribution is 2.24. The second-order valence-corrected chi connectivity index (χ2v) is 7.69. The van der Waals surface area contributed by atoms with Gasteiger partial charge in [-0.1, -0.05) is 48.5 Å². The van der Waals surface area contributed by atoms with Gasteiger partial charge in [0, 0.05) is 13.1 Å². The molecule has 0 aromatic heterocycles. The van der Waals surface area contributed by atoms with Gasteiger partial charge in [-0.2, -0.15) is 0 Å². The molecule has 0 spiro atoms. The molecule has 1 saturated heterocycles. The van der Waals surface area contributed by atoms with E-state index in [0.29, 0.717) is 11.7 Å². The molecule has 1 fully saturated rings. The van der Waals surface area contributed by atoms with Crippen LogP contribution < -0.4 is 9.47 Å². The molecule has 4 heteroatoms. The molecule has 1 aliphatic rings. The van der Waals surface area contributed by atoms with E-state index in [2.05, 4.69) is 30.3 Å². The molecular formula is C26H27NO3. The Morgan fingerprint density at radius 2 is 1.33 bits per heavy atom. The number of carbonyl (C=O) groups excluding carboxylic acids is 1. The molecule has 154 valence electrons. The highest BCUT2D eigenvalue weighted by molar-refractivity contribution is 5.77.